The van der Waals surface area contributed by atoms with E-state index in [1.165, 1.54) is 7.11 Å². The molecule has 1 aromatic rings. The Hall–Kier alpha value is -1.17. The minimum atomic E-state index is -0.106. The molecule has 1 aliphatic rings. The molecule has 1 saturated heterocycles. The van der Waals surface area contributed by atoms with Crippen LogP contribution in [0.1, 0.15) is 29.6 Å². The summed E-state index contributed by atoms with van der Waals surface area (Å²) in [6, 6.07) is 3.16. The number of nitrogens with zero attached hydrogens (tertiary/aromatic N) is 1. The molecule has 1 amide bonds. The average Bonchev–Trinajstić information content (AvgIpc) is 2.55. The number of rotatable bonds is 5. The molecule has 0 aromatic heterocycles. The van der Waals surface area contributed by atoms with Gasteiger partial charge in [-0.2, -0.15) is 0 Å². The van der Waals surface area contributed by atoms with Crippen molar-refractivity contribution in [2.24, 2.45) is 5.92 Å². The highest BCUT2D eigenvalue weighted by atomic mass is 35.5. The highest BCUT2D eigenvalue weighted by molar-refractivity contribution is 6.33. The van der Waals surface area contributed by atoms with Gasteiger partial charge in [-0.15, -0.1) is 12.4 Å². The molecule has 2 N–H and O–H groups in total. The summed E-state index contributed by atoms with van der Waals surface area (Å²) in [5.41, 5.74) is 6.59. The molecule has 0 unspecified atom stereocenters. The molecule has 1 aromatic carbocycles. The lowest BCUT2D eigenvalue weighted by atomic mass is 9.96. The summed E-state index contributed by atoms with van der Waals surface area (Å²) in [7, 11) is 3.31. The van der Waals surface area contributed by atoms with Crippen molar-refractivity contribution in [1.29, 1.82) is 0 Å². The number of ether oxygens (including phenoxy) is 2. The number of benzene rings is 1. The van der Waals surface area contributed by atoms with Crippen LogP contribution in [0, 0.1) is 5.92 Å². The van der Waals surface area contributed by atoms with E-state index >= 15 is 0 Å². The molecular formula is C16H24Cl2N2O3. The molecule has 0 spiro atoms. The van der Waals surface area contributed by atoms with E-state index < -0.39 is 0 Å². The molecule has 0 bridgehead atoms. The fourth-order valence-electron chi connectivity index (χ4n) is 2.62. The number of carbonyl (C=O) groups excluding carboxylic acids is 1. The first-order chi connectivity index (χ1) is 10.5. The van der Waals surface area contributed by atoms with Crippen molar-refractivity contribution in [3.63, 3.8) is 0 Å². The van der Waals surface area contributed by atoms with Crippen LogP contribution in [-0.4, -0.2) is 44.7 Å². The lowest BCUT2D eigenvalue weighted by molar-refractivity contribution is 0.0583. The number of hydrogen-bond donors (Lipinski definition) is 1. The van der Waals surface area contributed by atoms with Crippen LogP contribution >= 0.6 is 24.0 Å². The van der Waals surface area contributed by atoms with Crippen molar-refractivity contribution < 1.29 is 14.3 Å². The predicted molar refractivity (Wildman–Crippen MR) is 94.8 cm³/mol. The molecule has 0 saturated carbocycles. The van der Waals surface area contributed by atoms with Crippen molar-refractivity contribution in [1.82, 2.24) is 4.90 Å². The number of hydrogen-bond acceptors (Lipinski definition) is 4. The number of amides is 1. The minimum Gasteiger partial charge on any atom is -0.496 e. The summed E-state index contributed by atoms with van der Waals surface area (Å²) < 4.78 is 10.6. The monoisotopic (exact) mass is 362 g/mol. The van der Waals surface area contributed by atoms with Crippen molar-refractivity contribution in [2.75, 3.05) is 39.6 Å². The lowest BCUT2D eigenvalue weighted by Crippen LogP contribution is -2.30. The Balaban J connectivity index is 0.00000264. The Kier molecular flexibility index (Phi) is 7.95. The normalized spacial score (nSPS) is 14.9. The fraction of sp³-hybridized carbons (Fsp3) is 0.562. The minimum absolute atomic E-state index is 0. The van der Waals surface area contributed by atoms with Crippen LogP contribution in [0.25, 0.3) is 0 Å². The Bertz CT molecular complexity index is 534. The average molecular weight is 363 g/mol. The van der Waals surface area contributed by atoms with Gasteiger partial charge >= 0.3 is 0 Å². The van der Waals surface area contributed by atoms with E-state index in [-0.39, 0.29) is 18.3 Å². The molecule has 23 heavy (non-hydrogen) atoms. The van der Waals surface area contributed by atoms with Gasteiger partial charge in [0.05, 0.1) is 23.4 Å². The Morgan fingerprint density at radius 1 is 1.43 bits per heavy atom. The number of nitrogens with two attached hydrogens (primary N) is 1. The standard InChI is InChI=1S/C16H23ClN2O3.ClH/c1-19(6-3-11-4-7-22-8-5-11)16(20)12-9-13(17)14(18)10-15(12)21-2;/h9-11H,3-8,18H2,1-2H3;1H. The van der Waals surface area contributed by atoms with Gasteiger partial charge in [-0.3, -0.25) is 4.79 Å². The van der Waals surface area contributed by atoms with E-state index in [1.807, 2.05) is 0 Å². The van der Waals surface area contributed by atoms with Crippen LogP contribution in [0.3, 0.4) is 0 Å². The molecular weight excluding hydrogens is 339 g/mol. The highest BCUT2D eigenvalue weighted by Gasteiger charge is 2.20. The van der Waals surface area contributed by atoms with Crippen LogP contribution in [0.5, 0.6) is 5.75 Å². The maximum absolute atomic E-state index is 12.6. The second-order valence-electron chi connectivity index (χ2n) is 5.65. The largest absolute Gasteiger partial charge is 0.496 e. The van der Waals surface area contributed by atoms with E-state index in [2.05, 4.69) is 0 Å². The van der Waals surface area contributed by atoms with Gasteiger partial charge in [0.1, 0.15) is 5.75 Å². The fourth-order valence-corrected chi connectivity index (χ4v) is 2.79. The van der Waals surface area contributed by atoms with Gasteiger partial charge in [0.2, 0.25) is 0 Å². The van der Waals surface area contributed by atoms with Crippen LogP contribution in [-0.2, 0) is 4.74 Å². The van der Waals surface area contributed by atoms with E-state index in [0.717, 1.165) is 32.5 Å². The highest BCUT2D eigenvalue weighted by Crippen LogP contribution is 2.29. The van der Waals surface area contributed by atoms with Gasteiger partial charge in [-0.05, 0) is 31.2 Å². The molecule has 1 heterocycles. The molecule has 7 heteroatoms. The van der Waals surface area contributed by atoms with E-state index in [1.54, 1.807) is 24.1 Å². The number of halogens is 2. The second kappa shape index (κ2) is 9.21. The molecule has 1 aliphatic heterocycles. The summed E-state index contributed by atoms with van der Waals surface area (Å²) in [5, 5.41) is 0.363. The Labute approximate surface area is 148 Å². The van der Waals surface area contributed by atoms with Crippen LogP contribution in [0.15, 0.2) is 12.1 Å². The van der Waals surface area contributed by atoms with Gasteiger partial charge in [0, 0.05) is 32.9 Å². The zero-order chi connectivity index (χ0) is 16.1. The van der Waals surface area contributed by atoms with Crippen LogP contribution in [0.2, 0.25) is 5.02 Å². The van der Waals surface area contributed by atoms with Gasteiger partial charge < -0.3 is 20.1 Å². The van der Waals surface area contributed by atoms with Crippen molar-refractivity contribution in [2.45, 2.75) is 19.3 Å². The molecule has 0 radical (unpaired) electrons. The van der Waals surface area contributed by atoms with Crippen molar-refractivity contribution in [3.05, 3.63) is 22.7 Å². The third kappa shape index (κ3) is 5.16. The summed E-state index contributed by atoms with van der Waals surface area (Å²) in [6.45, 7) is 2.35. The summed E-state index contributed by atoms with van der Waals surface area (Å²) in [4.78, 5) is 14.3. The first kappa shape index (κ1) is 19.9. The van der Waals surface area contributed by atoms with E-state index in [9.17, 15) is 4.79 Å². The lowest BCUT2D eigenvalue weighted by Gasteiger charge is -2.25. The number of methoxy groups -OCH3 is 1. The third-order valence-electron chi connectivity index (χ3n) is 4.11. The molecule has 1 fully saturated rings. The predicted octanol–water partition coefficient (Wildman–Crippen LogP) is 3.24. The SMILES string of the molecule is COc1cc(N)c(Cl)cc1C(=O)N(C)CCC1CCOCC1.Cl. The third-order valence-corrected chi connectivity index (χ3v) is 4.44. The smallest absolute Gasteiger partial charge is 0.257 e. The topological polar surface area (TPSA) is 64.8 Å². The quantitative estimate of drug-likeness (QED) is 0.816. The Morgan fingerprint density at radius 3 is 2.70 bits per heavy atom. The molecule has 5 nitrogen and oxygen atoms in total. The number of anilines is 1. The van der Waals surface area contributed by atoms with Crippen LogP contribution < -0.4 is 10.5 Å². The molecule has 130 valence electrons. The maximum atomic E-state index is 12.6. The first-order valence-electron chi connectivity index (χ1n) is 7.49. The molecule has 0 aliphatic carbocycles. The van der Waals surface area contributed by atoms with E-state index in [0.29, 0.717) is 34.5 Å². The summed E-state index contributed by atoms with van der Waals surface area (Å²) in [6.07, 6.45) is 3.12. The van der Waals surface area contributed by atoms with Gasteiger partial charge in [-0.25, -0.2) is 0 Å². The van der Waals surface area contributed by atoms with E-state index in [4.69, 9.17) is 26.8 Å². The number of carbonyl (C=O) groups is 1. The second-order valence-corrected chi connectivity index (χ2v) is 6.05. The summed E-state index contributed by atoms with van der Waals surface area (Å²) in [5.74, 6) is 0.969. The molecule has 2 rings (SSSR count). The number of nitrogen functional groups attached to an aromatic ring is 1. The van der Waals surface area contributed by atoms with Crippen LogP contribution in [0.4, 0.5) is 5.69 Å². The van der Waals surface area contributed by atoms with Crippen molar-refractivity contribution in [3.8, 4) is 5.75 Å². The maximum Gasteiger partial charge on any atom is 0.257 e. The van der Waals surface area contributed by atoms with Gasteiger partial charge in [0.15, 0.2) is 0 Å². The summed E-state index contributed by atoms with van der Waals surface area (Å²) >= 11 is 6.03. The van der Waals surface area contributed by atoms with Gasteiger partial charge in [-0.1, -0.05) is 11.6 Å². The molecule has 0 atom stereocenters. The first-order valence-corrected chi connectivity index (χ1v) is 7.87. The van der Waals surface area contributed by atoms with Gasteiger partial charge in [0.25, 0.3) is 5.91 Å². The zero-order valence-electron chi connectivity index (χ0n) is 13.5. The van der Waals surface area contributed by atoms with Crippen molar-refractivity contribution >= 4 is 35.6 Å². The zero-order valence-corrected chi connectivity index (χ0v) is 15.1. The Morgan fingerprint density at radius 2 is 2.09 bits per heavy atom.